The Morgan fingerprint density at radius 3 is 2.40 bits per heavy atom. The van der Waals surface area contributed by atoms with Crippen molar-refractivity contribution in [2.75, 3.05) is 11.8 Å². The Labute approximate surface area is 129 Å². The van der Waals surface area contributed by atoms with Crippen LogP contribution in [0, 0.1) is 0 Å². The summed E-state index contributed by atoms with van der Waals surface area (Å²) in [6.07, 6.45) is 0.691. The van der Waals surface area contributed by atoms with Crippen LogP contribution in [-0.2, 0) is 0 Å². The quantitative estimate of drug-likeness (QED) is 0.824. The van der Waals surface area contributed by atoms with Crippen molar-refractivity contribution in [1.82, 2.24) is 5.32 Å². The van der Waals surface area contributed by atoms with Gasteiger partial charge < -0.3 is 5.32 Å². The molecule has 0 heterocycles. The number of hydrogen-bond donors (Lipinski definition) is 1. The zero-order chi connectivity index (χ0) is 14.6. The van der Waals surface area contributed by atoms with Crippen LogP contribution in [0.15, 0.2) is 42.5 Å². The Hall–Kier alpha value is -1.25. The first-order valence-corrected chi connectivity index (χ1v) is 7.65. The number of hydrogen-bond acceptors (Lipinski definition) is 1. The summed E-state index contributed by atoms with van der Waals surface area (Å²) in [6, 6.07) is 13.5. The van der Waals surface area contributed by atoms with Crippen LogP contribution in [0.5, 0.6) is 0 Å². The van der Waals surface area contributed by atoms with Gasteiger partial charge in [-0.3, -0.25) is 4.79 Å². The highest BCUT2D eigenvalue weighted by Crippen LogP contribution is 2.21. The zero-order valence-electron chi connectivity index (χ0n) is 11.3. The van der Waals surface area contributed by atoms with E-state index in [0.29, 0.717) is 23.7 Å². The molecule has 20 heavy (non-hydrogen) atoms. The third-order valence-electron chi connectivity index (χ3n) is 3.60. The predicted molar refractivity (Wildman–Crippen MR) is 85.9 cm³/mol. The molecule has 0 aromatic heterocycles. The van der Waals surface area contributed by atoms with Gasteiger partial charge in [-0.15, -0.1) is 23.2 Å². The van der Waals surface area contributed by atoms with Crippen molar-refractivity contribution in [3.8, 4) is 0 Å². The average Bonchev–Trinajstić information content (AvgIpc) is 2.52. The molecule has 2 aromatic carbocycles. The van der Waals surface area contributed by atoms with Crippen LogP contribution < -0.4 is 5.32 Å². The van der Waals surface area contributed by atoms with Crippen LogP contribution in [0.3, 0.4) is 0 Å². The van der Waals surface area contributed by atoms with Gasteiger partial charge in [-0.25, -0.2) is 0 Å². The topological polar surface area (TPSA) is 29.1 Å². The third kappa shape index (κ3) is 2.92. The first kappa shape index (κ1) is 15.1. The molecule has 4 heteroatoms. The van der Waals surface area contributed by atoms with E-state index in [4.69, 9.17) is 23.2 Å². The maximum atomic E-state index is 12.5. The summed E-state index contributed by atoms with van der Waals surface area (Å²) in [6.45, 7) is 1.97. The lowest BCUT2D eigenvalue weighted by Crippen LogP contribution is -2.51. The maximum absolute atomic E-state index is 12.5. The number of rotatable bonds is 5. The number of carbonyl (C=O) groups is 1. The van der Waals surface area contributed by atoms with Crippen LogP contribution >= 0.6 is 23.2 Å². The fourth-order valence-electron chi connectivity index (χ4n) is 2.11. The Balaban J connectivity index is 2.37. The second-order valence-corrected chi connectivity index (χ2v) is 5.42. The van der Waals surface area contributed by atoms with Gasteiger partial charge >= 0.3 is 0 Å². The lowest BCUT2D eigenvalue weighted by Gasteiger charge is -2.29. The molecule has 0 bridgehead atoms. The van der Waals surface area contributed by atoms with Crippen LogP contribution in [-0.4, -0.2) is 23.2 Å². The Bertz CT molecular complexity index is 595. The minimum Gasteiger partial charge on any atom is -0.344 e. The van der Waals surface area contributed by atoms with Crippen LogP contribution in [0.4, 0.5) is 0 Å². The summed E-state index contributed by atoms with van der Waals surface area (Å²) in [5.41, 5.74) is 0.0908. The molecule has 2 aromatic rings. The van der Waals surface area contributed by atoms with Crippen LogP contribution in [0.25, 0.3) is 10.8 Å². The highest BCUT2D eigenvalue weighted by Gasteiger charge is 2.29. The lowest BCUT2D eigenvalue weighted by molar-refractivity contribution is 0.0915. The molecule has 0 saturated heterocycles. The molecule has 106 valence electrons. The molecule has 1 N–H and O–H groups in total. The molecule has 0 fully saturated rings. The minimum atomic E-state index is -0.558. The number of amides is 1. The molecular weight excluding hydrogens is 293 g/mol. The Morgan fingerprint density at radius 2 is 1.75 bits per heavy atom. The number of benzene rings is 2. The molecule has 0 radical (unpaired) electrons. The smallest absolute Gasteiger partial charge is 0.252 e. The molecule has 1 amide bonds. The monoisotopic (exact) mass is 309 g/mol. The normalized spacial score (nSPS) is 11.6. The van der Waals surface area contributed by atoms with Gasteiger partial charge in [0.05, 0.1) is 5.54 Å². The molecule has 0 atom stereocenters. The van der Waals surface area contributed by atoms with Gasteiger partial charge in [0.15, 0.2) is 0 Å². The van der Waals surface area contributed by atoms with E-state index in [2.05, 4.69) is 5.32 Å². The highest BCUT2D eigenvalue weighted by atomic mass is 35.5. The summed E-state index contributed by atoms with van der Waals surface area (Å²) in [5.74, 6) is 0.456. The lowest BCUT2D eigenvalue weighted by atomic mass is 9.99. The second-order valence-electron chi connectivity index (χ2n) is 4.88. The number of alkyl halides is 2. The van der Waals surface area contributed by atoms with Gasteiger partial charge in [-0.2, -0.15) is 0 Å². The molecule has 0 unspecified atom stereocenters. The summed E-state index contributed by atoms with van der Waals surface area (Å²) in [5, 5.41) is 4.96. The number of fused-ring (bicyclic) bond motifs is 1. The van der Waals surface area contributed by atoms with Crippen molar-refractivity contribution >= 4 is 39.9 Å². The van der Waals surface area contributed by atoms with E-state index in [0.717, 1.165) is 10.8 Å². The number of nitrogens with one attached hydrogen (secondary N) is 1. The second kappa shape index (κ2) is 6.47. The molecule has 2 rings (SSSR count). The fraction of sp³-hybridized carbons (Fsp3) is 0.312. The van der Waals surface area contributed by atoms with E-state index in [-0.39, 0.29) is 5.91 Å². The SMILES string of the molecule is CCC(CCl)(CCl)NC(=O)c1cccc2ccccc12. The number of halogens is 2. The van der Waals surface area contributed by atoms with Crippen molar-refractivity contribution in [3.63, 3.8) is 0 Å². The van der Waals surface area contributed by atoms with Crippen molar-refractivity contribution in [1.29, 1.82) is 0 Å². The van der Waals surface area contributed by atoms with E-state index < -0.39 is 5.54 Å². The van der Waals surface area contributed by atoms with Gasteiger partial charge in [0.25, 0.3) is 5.91 Å². The van der Waals surface area contributed by atoms with Gasteiger partial charge in [-0.1, -0.05) is 43.3 Å². The summed E-state index contributed by atoms with van der Waals surface area (Å²) < 4.78 is 0. The van der Waals surface area contributed by atoms with E-state index >= 15 is 0 Å². The van der Waals surface area contributed by atoms with Crippen molar-refractivity contribution in [2.24, 2.45) is 0 Å². The molecular formula is C16H17Cl2NO. The average molecular weight is 310 g/mol. The third-order valence-corrected chi connectivity index (χ3v) is 4.62. The highest BCUT2D eigenvalue weighted by molar-refractivity contribution is 6.22. The van der Waals surface area contributed by atoms with Crippen molar-refractivity contribution in [2.45, 2.75) is 18.9 Å². The fourth-order valence-corrected chi connectivity index (χ4v) is 2.91. The molecule has 0 aliphatic carbocycles. The van der Waals surface area contributed by atoms with E-state index in [1.165, 1.54) is 0 Å². The molecule has 0 spiro atoms. The summed E-state index contributed by atoms with van der Waals surface area (Å²) >= 11 is 12.0. The predicted octanol–water partition coefficient (Wildman–Crippen LogP) is 4.20. The first-order valence-electron chi connectivity index (χ1n) is 6.58. The maximum Gasteiger partial charge on any atom is 0.252 e. The van der Waals surface area contributed by atoms with E-state index in [1.54, 1.807) is 0 Å². The first-order chi connectivity index (χ1) is 9.65. The zero-order valence-corrected chi connectivity index (χ0v) is 12.8. The van der Waals surface area contributed by atoms with Gasteiger partial charge in [0, 0.05) is 17.3 Å². The standard InChI is InChI=1S/C16H17Cl2NO/c1-2-16(10-17,11-18)19-15(20)14-9-5-7-12-6-3-4-8-13(12)14/h3-9H,2,10-11H2,1H3,(H,19,20). The van der Waals surface area contributed by atoms with Crippen LogP contribution in [0.2, 0.25) is 0 Å². The molecule has 0 aliphatic heterocycles. The van der Waals surface area contributed by atoms with Gasteiger partial charge in [-0.05, 0) is 23.3 Å². The summed E-state index contributed by atoms with van der Waals surface area (Å²) in [7, 11) is 0. The van der Waals surface area contributed by atoms with Gasteiger partial charge in [0.1, 0.15) is 0 Å². The van der Waals surface area contributed by atoms with Crippen LogP contribution in [0.1, 0.15) is 23.7 Å². The van der Waals surface area contributed by atoms with E-state index in [9.17, 15) is 4.79 Å². The Morgan fingerprint density at radius 1 is 1.10 bits per heavy atom. The van der Waals surface area contributed by atoms with Gasteiger partial charge in [0.2, 0.25) is 0 Å². The molecule has 0 saturated carbocycles. The summed E-state index contributed by atoms with van der Waals surface area (Å²) in [4.78, 5) is 12.5. The minimum absolute atomic E-state index is 0.134. The molecule has 0 aliphatic rings. The molecule has 2 nitrogen and oxygen atoms in total. The largest absolute Gasteiger partial charge is 0.344 e. The number of carbonyl (C=O) groups excluding carboxylic acids is 1. The van der Waals surface area contributed by atoms with Crippen molar-refractivity contribution in [3.05, 3.63) is 48.0 Å². The Kier molecular flexibility index (Phi) is 4.90. The van der Waals surface area contributed by atoms with Crippen molar-refractivity contribution < 1.29 is 4.79 Å². The van der Waals surface area contributed by atoms with E-state index in [1.807, 2.05) is 49.4 Å².